The highest BCUT2D eigenvalue weighted by Gasteiger charge is 2.31. The maximum absolute atomic E-state index is 13.7. The number of piperazine rings is 1. The van der Waals surface area contributed by atoms with E-state index in [0.717, 1.165) is 12.3 Å². The van der Waals surface area contributed by atoms with Gasteiger partial charge in [-0.2, -0.15) is 5.26 Å². The summed E-state index contributed by atoms with van der Waals surface area (Å²) in [5.74, 6) is -1.50. The van der Waals surface area contributed by atoms with Crippen molar-refractivity contribution in [2.45, 2.75) is 10.9 Å². The zero-order chi connectivity index (χ0) is 26.6. The van der Waals surface area contributed by atoms with Gasteiger partial charge in [-0.25, -0.2) is 12.8 Å². The van der Waals surface area contributed by atoms with E-state index in [4.69, 9.17) is 0 Å². The molecule has 1 heterocycles. The normalized spacial score (nSPS) is 14.5. The number of nitriles is 1. The molecule has 1 N–H and O–H groups in total. The number of nitrogens with zero attached hydrogens (tertiary/aromatic N) is 3. The van der Waals surface area contributed by atoms with Crippen LogP contribution in [0.15, 0.2) is 77.7 Å². The Balaban J connectivity index is 1.54. The lowest BCUT2D eigenvalue weighted by Gasteiger charge is -2.38. The number of benzene rings is 3. The monoisotopic (exact) mass is 520 g/mol. The maximum Gasteiger partial charge on any atom is 0.253 e. The van der Waals surface area contributed by atoms with Crippen LogP contribution in [0.2, 0.25) is 0 Å². The average molecular weight is 521 g/mol. The lowest BCUT2D eigenvalue weighted by Crippen LogP contribution is -2.52. The second-order valence-corrected chi connectivity index (χ2v) is 10.7. The van der Waals surface area contributed by atoms with E-state index in [9.17, 15) is 27.7 Å². The highest BCUT2D eigenvalue weighted by atomic mass is 32.2. The lowest BCUT2D eigenvalue weighted by atomic mass is 10.0. The fourth-order valence-corrected chi connectivity index (χ4v) is 5.22. The minimum absolute atomic E-state index is 0.0992. The molecule has 190 valence electrons. The molecule has 0 unspecified atom stereocenters. The van der Waals surface area contributed by atoms with Crippen molar-refractivity contribution in [3.05, 3.63) is 95.3 Å². The van der Waals surface area contributed by atoms with Gasteiger partial charge >= 0.3 is 0 Å². The quantitative estimate of drug-likeness (QED) is 0.535. The number of nitrogens with one attached hydrogen (secondary N) is 1. The van der Waals surface area contributed by atoms with Gasteiger partial charge in [-0.3, -0.25) is 9.59 Å². The van der Waals surface area contributed by atoms with Crippen molar-refractivity contribution in [2.75, 3.05) is 37.3 Å². The molecule has 0 aromatic heterocycles. The van der Waals surface area contributed by atoms with Crippen LogP contribution in [0.25, 0.3) is 0 Å². The molecule has 0 spiro atoms. The van der Waals surface area contributed by atoms with E-state index in [-0.39, 0.29) is 35.0 Å². The first-order valence-corrected chi connectivity index (χ1v) is 13.5. The molecular formula is C27H25FN4O4S. The van der Waals surface area contributed by atoms with Crippen LogP contribution in [0.1, 0.15) is 27.5 Å². The Hall–Kier alpha value is -4.23. The molecule has 2 amide bonds. The number of carbonyl (C=O) groups is 2. The summed E-state index contributed by atoms with van der Waals surface area (Å²) in [4.78, 5) is 30.0. The van der Waals surface area contributed by atoms with E-state index >= 15 is 0 Å². The Morgan fingerprint density at radius 2 is 1.62 bits per heavy atom. The highest BCUT2D eigenvalue weighted by molar-refractivity contribution is 7.90. The van der Waals surface area contributed by atoms with Gasteiger partial charge in [0.25, 0.3) is 5.91 Å². The number of rotatable bonds is 6. The topological polar surface area (TPSA) is 111 Å². The zero-order valence-corrected chi connectivity index (χ0v) is 20.9. The Morgan fingerprint density at radius 3 is 2.27 bits per heavy atom. The van der Waals surface area contributed by atoms with Crippen LogP contribution in [-0.4, -0.2) is 57.6 Å². The predicted molar refractivity (Wildman–Crippen MR) is 136 cm³/mol. The first kappa shape index (κ1) is 25.9. The summed E-state index contributed by atoms with van der Waals surface area (Å²) >= 11 is 0. The van der Waals surface area contributed by atoms with Gasteiger partial charge < -0.3 is 15.1 Å². The van der Waals surface area contributed by atoms with E-state index < -0.39 is 27.6 Å². The van der Waals surface area contributed by atoms with E-state index in [0.29, 0.717) is 24.3 Å². The number of hydrogen-bond acceptors (Lipinski definition) is 6. The summed E-state index contributed by atoms with van der Waals surface area (Å²) in [5, 5.41) is 12.2. The number of hydrogen-bond donors (Lipinski definition) is 1. The molecule has 0 saturated carbocycles. The van der Waals surface area contributed by atoms with E-state index in [1.165, 1.54) is 24.3 Å². The van der Waals surface area contributed by atoms with Crippen LogP contribution in [-0.2, 0) is 14.6 Å². The number of sulfone groups is 1. The van der Waals surface area contributed by atoms with Crippen LogP contribution in [0.5, 0.6) is 0 Å². The fourth-order valence-electron chi connectivity index (χ4n) is 4.32. The summed E-state index contributed by atoms with van der Waals surface area (Å²) in [6.07, 6.45) is 1.03. The summed E-state index contributed by atoms with van der Waals surface area (Å²) in [6.45, 7) is 1.19. The molecule has 1 atom stereocenters. The van der Waals surface area contributed by atoms with Crippen molar-refractivity contribution in [1.29, 1.82) is 5.26 Å². The van der Waals surface area contributed by atoms with Crippen LogP contribution >= 0.6 is 0 Å². The largest absolute Gasteiger partial charge is 0.367 e. The third-order valence-corrected chi connectivity index (χ3v) is 7.33. The molecular weight excluding hydrogens is 495 g/mol. The molecule has 4 rings (SSSR count). The first-order chi connectivity index (χ1) is 17.7. The minimum Gasteiger partial charge on any atom is -0.367 e. The standard InChI is InChI=1S/C27H25FN4O4S/c1-37(35,36)24-17-21(28)11-12-23(24)31-13-15-32(16-14-31)27(34)25(19-7-3-2-4-8-19)30-26(33)22-10-6-5-9-20(22)18-29/h2-12,17,25H,13-16H2,1H3,(H,30,33)/t25-/m1/s1. The number of carbonyl (C=O) groups excluding carboxylic acids is 2. The van der Waals surface area contributed by atoms with E-state index in [1.54, 1.807) is 52.3 Å². The molecule has 0 aliphatic carbocycles. The molecule has 3 aromatic carbocycles. The molecule has 37 heavy (non-hydrogen) atoms. The van der Waals surface area contributed by atoms with Gasteiger partial charge in [-0.05, 0) is 35.9 Å². The number of anilines is 1. The van der Waals surface area contributed by atoms with Crippen molar-refractivity contribution >= 4 is 27.3 Å². The third kappa shape index (κ3) is 5.78. The van der Waals surface area contributed by atoms with Crippen molar-refractivity contribution in [3.63, 3.8) is 0 Å². The van der Waals surface area contributed by atoms with Crippen LogP contribution in [0.3, 0.4) is 0 Å². The second kappa shape index (κ2) is 10.8. The van der Waals surface area contributed by atoms with Gasteiger partial charge in [0.2, 0.25) is 5.91 Å². The Labute approximate surface area is 214 Å². The predicted octanol–water partition coefficient (Wildman–Crippen LogP) is 2.92. The molecule has 10 heteroatoms. The van der Waals surface area contributed by atoms with Crippen molar-refractivity contribution in [1.82, 2.24) is 10.2 Å². The SMILES string of the molecule is CS(=O)(=O)c1cc(F)ccc1N1CCN(C(=O)[C@H](NC(=O)c2ccccc2C#N)c2ccccc2)CC1. The summed E-state index contributed by atoms with van der Waals surface area (Å²) in [7, 11) is -3.66. The molecule has 3 aromatic rings. The van der Waals surface area contributed by atoms with Crippen molar-refractivity contribution < 1.29 is 22.4 Å². The smallest absolute Gasteiger partial charge is 0.253 e. The van der Waals surface area contributed by atoms with Gasteiger partial charge in [0, 0.05) is 32.4 Å². The first-order valence-electron chi connectivity index (χ1n) is 11.6. The van der Waals surface area contributed by atoms with E-state index in [1.807, 2.05) is 6.07 Å². The van der Waals surface area contributed by atoms with Gasteiger partial charge in [-0.15, -0.1) is 0 Å². The molecule has 8 nitrogen and oxygen atoms in total. The Morgan fingerprint density at radius 1 is 0.973 bits per heavy atom. The Kier molecular flexibility index (Phi) is 7.55. The van der Waals surface area contributed by atoms with Gasteiger partial charge in [0.1, 0.15) is 11.9 Å². The maximum atomic E-state index is 13.7. The molecule has 1 aliphatic rings. The zero-order valence-electron chi connectivity index (χ0n) is 20.1. The van der Waals surface area contributed by atoms with Crippen LogP contribution in [0, 0.1) is 17.1 Å². The lowest BCUT2D eigenvalue weighted by molar-refractivity contribution is -0.133. The molecule has 0 bridgehead atoms. The summed E-state index contributed by atoms with van der Waals surface area (Å²) < 4.78 is 38.2. The fraction of sp³-hybridized carbons (Fsp3) is 0.222. The van der Waals surface area contributed by atoms with E-state index in [2.05, 4.69) is 5.32 Å². The third-order valence-electron chi connectivity index (χ3n) is 6.20. The van der Waals surface area contributed by atoms with Crippen molar-refractivity contribution in [2.24, 2.45) is 0 Å². The minimum atomic E-state index is -3.66. The van der Waals surface area contributed by atoms with Crippen LogP contribution in [0.4, 0.5) is 10.1 Å². The highest BCUT2D eigenvalue weighted by Crippen LogP contribution is 2.28. The second-order valence-electron chi connectivity index (χ2n) is 8.67. The molecule has 1 aliphatic heterocycles. The number of halogens is 1. The summed E-state index contributed by atoms with van der Waals surface area (Å²) in [6, 6.07) is 19.9. The van der Waals surface area contributed by atoms with Gasteiger partial charge in [-0.1, -0.05) is 42.5 Å². The average Bonchev–Trinajstić information content (AvgIpc) is 2.91. The summed E-state index contributed by atoms with van der Waals surface area (Å²) in [5.41, 5.74) is 1.36. The number of amides is 2. The van der Waals surface area contributed by atoms with Crippen molar-refractivity contribution in [3.8, 4) is 6.07 Å². The van der Waals surface area contributed by atoms with Gasteiger partial charge in [0.05, 0.1) is 27.8 Å². The Bertz CT molecular complexity index is 1460. The van der Waals surface area contributed by atoms with Gasteiger partial charge in [0.15, 0.2) is 9.84 Å². The van der Waals surface area contributed by atoms with Crippen LogP contribution < -0.4 is 10.2 Å². The molecule has 1 saturated heterocycles. The molecule has 1 fully saturated rings. The molecule has 0 radical (unpaired) electrons.